The molecule has 0 atom stereocenters. The highest BCUT2D eigenvalue weighted by Crippen LogP contribution is 2.16. The molecule has 0 fully saturated rings. The summed E-state index contributed by atoms with van der Waals surface area (Å²) in [6.07, 6.45) is 1.67. The van der Waals surface area contributed by atoms with E-state index in [0.717, 1.165) is 17.0 Å². The number of benzene rings is 1. The minimum Gasteiger partial charge on any atom is -0.497 e. The minimum absolute atomic E-state index is 0. The van der Waals surface area contributed by atoms with Gasteiger partial charge in [0.15, 0.2) is 5.96 Å². The van der Waals surface area contributed by atoms with Crippen molar-refractivity contribution in [2.75, 3.05) is 32.8 Å². The quantitative estimate of drug-likeness (QED) is 0.274. The monoisotopic (exact) mass is 458 g/mol. The molecule has 136 valence electrons. The summed E-state index contributed by atoms with van der Waals surface area (Å²) in [6, 6.07) is 11.2. The second kappa shape index (κ2) is 11.5. The molecule has 3 N–H and O–H groups in total. The fourth-order valence-corrected chi connectivity index (χ4v) is 1.93. The SMILES string of the molecule is COCCOc1ncccc1CN=C(N)Nc1ccc(OC)cc1.I. The van der Waals surface area contributed by atoms with Gasteiger partial charge < -0.3 is 25.3 Å². The van der Waals surface area contributed by atoms with Crippen molar-refractivity contribution in [1.82, 2.24) is 4.98 Å². The highest BCUT2D eigenvalue weighted by molar-refractivity contribution is 14.0. The molecular formula is C17H23IN4O3. The van der Waals surface area contributed by atoms with Gasteiger partial charge in [-0.25, -0.2) is 9.98 Å². The van der Waals surface area contributed by atoms with Crippen LogP contribution in [0.15, 0.2) is 47.6 Å². The molecule has 0 bridgehead atoms. The molecule has 0 spiro atoms. The highest BCUT2D eigenvalue weighted by Gasteiger charge is 2.04. The second-order valence-electron chi connectivity index (χ2n) is 4.86. The largest absolute Gasteiger partial charge is 0.497 e. The number of nitrogens with two attached hydrogens (primary N) is 1. The van der Waals surface area contributed by atoms with Gasteiger partial charge >= 0.3 is 0 Å². The summed E-state index contributed by atoms with van der Waals surface area (Å²) >= 11 is 0. The fraction of sp³-hybridized carbons (Fsp3) is 0.294. The Hall–Kier alpha value is -2.07. The van der Waals surface area contributed by atoms with Crippen molar-refractivity contribution < 1.29 is 14.2 Å². The van der Waals surface area contributed by atoms with Gasteiger partial charge in [-0.15, -0.1) is 24.0 Å². The number of ether oxygens (including phenoxy) is 3. The van der Waals surface area contributed by atoms with Gasteiger partial charge in [-0.3, -0.25) is 0 Å². The molecule has 0 saturated carbocycles. The number of nitrogens with zero attached hydrogens (tertiary/aromatic N) is 2. The van der Waals surface area contributed by atoms with Crippen LogP contribution in [0, 0.1) is 0 Å². The lowest BCUT2D eigenvalue weighted by Gasteiger charge is -2.09. The normalized spacial score (nSPS) is 10.7. The molecule has 0 radical (unpaired) electrons. The Kier molecular flexibility index (Phi) is 9.63. The zero-order valence-electron chi connectivity index (χ0n) is 14.3. The van der Waals surface area contributed by atoms with Crippen LogP contribution in [0.2, 0.25) is 0 Å². The summed E-state index contributed by atoms with van der Waals surface area (Å²) < 4.78 is 15.7. The number of methoxy groups -OCH3 is 2. The van der Waals surface area contributed by atoms with Gasteiger partial charge in [-0.1, -0.05) is 6.07 Å². The van der Waals surface area contributed by atoms with Gasteiger partial charge in [0.2, 0.25) is 5.88 Å². The molecule has 0 saturated heterocycles. The van der Waals surface area contributed by atoms with E-state index in [1.807, 2.05) is 36.4 Å². The Morgan fingerprint density at radius 2 is 1.92 bits per heavy atom. The number of guanidine groups is 1. The Morgan fingerprint density at radius 3 is 2.60 bits per heavy atom. The second-order valence-corrected chi connectivity index (χ2v) is 4.86. The summed E-state index contributed by atoms with van der Waals surface area (Å²) in [5, 5.41) is 3.03. The van der Waals surface area contributed by atoms with Gasteiger partial charge in [0.25, 0.3) is 0 Å². The van der Waals surface area contributed by atoms with E-state index in [4.69, 9.17) is 19.9 Å². The number of hydrogen-bond donors (Lipinski definition) is 2. The number of rotatable bonds is 8. The maximum Gasteiger partial charge on any atom is 0.218 e. The van der Waals surface area contributed by atoms with Crippen molar-refractivity contribution >= 4 is 35.6 Å². The van der Waals surface area contributed by atoms with Crippen LogP contribution in [0.4, 0.5) is 5.69 Å². The van der Waals surface area contributed by atoms with E-state index in [-0.39, 0.29) is 24.0 Å². The number of hydrogen-bond acceptors (Lipinski definition) is 5. The van der Waals surface area contributed by atoms with Crippen molar-refractivity contribution in [2.24, 2.45) is 10.7 Å². The molecule has 1 aromatic carbocycles. The summed E-state index contributed by atoms with van der Waals surface area (Å²) in [6.45, 7) is 1.30. The third-order valence-electron chi connectivity index (χ3n) is 3.16. The molecule has 2 rings (SSSR count). The molecule has 25 heavy (non-hydrogen) atoms. The van der Waals surface area contributed by atoms with Crippen LogP contribution in [0.3, 0.4) is 0 Å². The Balaban J connectivity index is 0.00000312. The lowest BCUT2D eigenvalue weighted by molar-refractivity contribution is 0.143. The maximum absolute atomic E-state index is 5.92. The Morgan fingerprint density at radius 1 is 1.16 bits per heavy atom. The van der Waals surface area contributed by atoms with Crippen LogP contribution >= 0.6 is 24.0 Å². The first-order valence-corrected chi connectivity index (χ1v) is 7.49. The number of anilines is 1. The minimum atomic E-state index is 0. The van der Waals surface area contributed by atoms with Crippen molar-refractivity contribution in [2.45, 2.75) is 6.54 Å². The van der Waals surface area contributed by atoms with Crippen LogP contribution < -0.4 is 20.5 Å². The standard InChI is InChI=1S/C17H22N4O3.HI/c1-22-10-11-24-16-13(4-3-9-19-16)12-20-17(18)21-14-5-7-15(23-2)8-6-14;/h3-9H,10-12H2,1-2H3,(H3,18,20,21);1H. The number of pyridine rings is 1. The van der Waals surface area contributed by atoms with Crippen molar-refractivity contribution in [3.8, 4) is 11.6 Å². The summed E-state index contributed by atoms with van der Waals surface area (Å²) in [5.41, 5.74) is 7.61. The molecule has 0 unspecified atom stereocenters. The smallest absolute Gasteiger partial charge is 0.218 e. The fourth-order valence-electron chi connectivity index (χ4n) is 1.93. The average molecular weight is 458 g/mol. The number of aliphatic imine (C=N–C) groups is 1. The third-order valence-corrected chi connectivity index (χ3v) is 3.16. The summed E-state index contributed by atoms with van der Waals surface area (Å²) in [5.74, 6) is 1.63. The Labute approximate surface area is 164 Å². The Bertz CT molecular complexity index is 665. The topological polar surface area (TPSA) is 91.0 Å². The first-order valence-electron chi connectivity index (χ1n) is 7.49. The molecule has 7 nitrogen and oxygen atoms in total. The molecule has 0 aliphatic rings. The molecule has 1 aromatic heterocycles. The van der Waals surface area contributed by atoms with Gasteiger partial charge in [-0.2, -0.15) is 0 Å². The number of aromatic nitrogens is 1. The van der Waals surface area contributed by atoms with E-state index >= 15 is 0 Å². The first kappa shape index (κ1) is 21.0. The van der Waals surface area contributed by atoms with Crippen LogP contribution in [0.5, 0.6) is 11.6 Å². The van der Waals surface area contributed by atoms with Gasteiger partial charge in [0, 0.05) is 24.6 Å². The predicted molar refractivity (Wildman–Crippen MR) is 109 cm³/mol. The van der Waals surface area contributed by atoms with Crippen LogP contribution in [-0.4, -0.2) is 38.4 Å². The lowest BCUT2D eigenvalue weighted by Crippen LogP contribution is -2.22. The lowest BCUT2D eigenvalue weighted by atomic mass is 10.3. The van der Waals surface area contributed by atoms with Gasteiger partial charge in [-0.05, 0) is 30.3 Å². The van der Waals surface area contributed by atoms with E-state index in [1.165, 1.54) is 0 Å². The summed E-state index contributed by atoms with van der Waals surface area (Å²) in [7, 11) is 3.25. The average Bonchev–Trinajstić information content (AvgIpc) is 2.62. The van der Waals surface area contributed by atoms with E-state index in [1.54, 1.807) is 20.4 Å². The zero-order chi connectivity index (χ0) is 17.2. The molecular weight excluding hydrogens is 435 g/mol. The summed E-state index contributed by atoms with van der Waals surface area (Å²) in [4.78, 5) is 8.53. The predicted octanol–water partition coefficient (Wildman–Crippen LogP) is 2.66. The van der Waals surface area contributed by atoms with E-state index in [2.05, 4.69) is 15.3 Å². The molecule has 0 aliphatic heterocycles. The van der Waals surface area contributed by atoms with Crippen LogP contribution in [0.1, 0.15) is 5.56 Å². The molecule has 2 aromatic rings. The van der Waals surface area contributed by atoms with Crippen LogP contribution in [-0.2, 0) is 11.3 Å². The van der Waals surface area contributed by atoms with Gasteiger partial charge in [0.05, 0.1) is 20.3 Å². The number of nitrogens with one attached hydrogen (secondary N) is 1. The van der Waals surface area contributed by atoms with Crippen molar-refractivity contribution in [3.63, 3.8) is 0 Å². The third kappa shape index (κ3) is 7.14. The highest BCUT2D eigenvalue weighted by atomic mass is 127. The van der Waals surface area contributed by atoms with Crippen molar-refractivity contribution in [3.05, 3.63) is 48.2 Å². The molecule has 8 heteroatoms. The maximum atomic E-state index is 5.92. The van der Waals surface area contributed by atoms with Crippen LogP contribution in [0.25, 0.3) is 0 Å². The van der Waals surface area contributed by atoms with Crippen molar-refractivity contribution in [1.29, 1.82) is 0 Å². The zero-order valence-corrected chi connectivity index (χ0v) is 16.6. The number of halogens is 1. The first-order chi connectivity index (χ1) is 11.7. The van der Waals surface area contributed by atoms with E-state index in [0.29, 0.717) is 31.6 Å². The van der Waals surface area contributed by atoms with E-state index in [9.17, 15) is 0 Å². The molecule has 1 heterocycles. The molecule has 0 aliphatic carbocycles. The molecule has 0 amide bonds. The van der Waals surface area contributed by atoms with Gasteiger partial charge in [0.1, 0.15) is 12.4 Å². The van der Waals surface area contributed by atoms with E-state index < -0.39 is 0 Å².